The topological polar surface area (TPSA) is 24.9 Å². The molecule has 4 nitrogen and oxygen atoms in total. The van der Waals surface area contributed by atoms with Crippen LogP contribution >= 0.6 is 0 Å². The molecule has 0 aliphatic heterocycles. The zero-order chi connectivity index (χ0) is 79.5. The smallest absolute Gasteiger partial charge is 0.127 e. The lowest BCUT2D eigenvalue weighted by molar-refractivity contribution is 0.482. The van der Waals surface area contributed by atoms with E-state index in [9.17, 15) is 8.78 Å². The second-order valence-electron chi connectivity index (χ2n) is 32.4. The zero-order valence-electron chi connectivity index (χ0n) is 65.8. The Morgan fingerprint density at radius 1 is 0.259 bits per heavy atom. The number of hydrogen-bond acceptors (Lipinski definition) is 4. The molecule has 2 unspecified atom stereocenters. The minimum atomic E-state index is -0.756. The summed E-state index contributed by atoms with van der Waals surface area (Å²) < 4.78 is 42.4. The first-order valence-electron chi connectivity index (χ1n) is 39.7. The summed E-state index contributed by atoms with van der Waals surface area (Å²) in [7, 11) is 0. The van der Waals surface area contributed by atoms with Crippen LogP contribution in [0.5, 0.6) is 23.0 Å². The van der Waals surface area contributed by atoms with Crippen molar-refractivity contribution in [2.75, 3.05) is 9.80 Å². The van der Waals surface area contributed by atoms with E-state index in [1.54, 1.807) is 12.1 Å². The molecule has 0 saturated carbocycles. The number of ether oxygens (including phenoxy) is 2. The molecule has 2 atom stereocenters. The average Bonchev–Trinajstić information content (AvgIpc) is 1.54. The van der Waals surface area contributed by atoms with Gasteiger partial charge in [-0.15, -0.1) is 0 Å². The SMILES string of the molecule is C=Cc1ccc(Oc2ccc(C3(c4ccc(C(C)(C)C)cc4)c4ccccc4-c4ccc(N(c5ccc(-c6ccc(F)cc6)cc5)c5ccc(-c6ccc(N(c7ccc(-c8cccc(F)c8)cc7)c7ccc8c(c7)C(c7ccc(Oc9ccc(C=C)cc9)cc7)(c7ccc(C(C)(C)C)cc7)c7ccccc7-8)cc6)cc5)cc43)cc2)cc1. The second kappa shape index (κ2) is 29.9. The summed E-state index contributed by atoms with van der Waals surface area (Å²) >= 11 is 0. The highest BCUT2D eigenvalue weighted by atomic mass is 19.1. The van der Waals surface area contributed by atoms with Gasteiger partial charge in [-0.05, 0) is 279 Å². The van der Waals surface area contributed by atoms with Crippen LogP contribution in [0.4, 0.5) is 42.9 Å². The normalized spacial score (nSPS) is 14.5. The lowest BCUT2D eigenvalue weighted by Gasteiger charge is -2.35. The summed E-state index contributed by atoms with van der Waals surface area (Å²) in [4.78, 5) is 4.69. The van der Waals surface area contributed by atoms with Crippen LogP contribution in [-0.2, 0) is 21.7 Å². The number of nitrogens with zero attached hydrogens (tertiary/aromatic N) is 2. The van der Waals surface area contributed by atoms with Crippen molar-refractivity contribution >= 4 is 46.3 Å². The van der Waals surface area contributed by atoms with Gasteiger partial charge in [0, 0.05) is 34.1 Å². The molecule has 0 bridgehead atoms. The van der Waals surface area contributed by atoms with Crippen LogP contribution in [0.3, 0.4) is 0 Å². The molecule has 116 heavy (non-hydrogen) atoms. The van der Waals surface area contributed by atoms with Crippen molar-refractivity contribution in [1.29, 1.82) is 0 Å². The molecule has 0 N–H and O–H groups in total. The van der Waals surface area contributed by atoms with Crippen LogP contribution in [0.15, 0.2) is 389 Å². The fourth-order valence-electron chi connectivity index (χ4n) is 17.4. The van der Waals surface area contributed by atoms with E-state index in [-0.39, 0.29) is 22.5 Å². The van der Waals surface area contributed by atoms with Gasteiger partial charge < -0.3 is 19.3 Å². The largest absolute Gasteiger partial charge is 0.457 e. The van der Waals surface area contributed by atoms with Crippen molar-refractivity contribution in [2.24, 2.45) is 0 Å². The Morgan fingerprint density at radius 3 is 0.879 bits per heavy atom. The molecule has 0 amide bonds. The second-order valence-corrected chi connectivity index (χ2v) is 32.4. The molecule has 0 heterocycles. The molecule has 0 spiro atoms. The molecule has 16 aromatic carbocycles. The molecular weight excluding hydrogens is 1420 g/mol. The van der Waals surface area contributed by atoms with Crippen LogP contribution in [0.2, 0.25) is 0 Å². The molecule has 0 fully saturated rings. The molecule has 562 valence electrons. The third kappa shape index (κ3) is 13.5. The first-order chi connectivity index (χ1) is 56.4. The van der Waals surface area contributed by atoms with Crippen molar-refractivity contribution in [1.82, 2.24) is 0 Å². The summed E-state index contributed by atoms with van der Waals surface area (Å²) in [6.07, 6.45) is 3.67. The molecule has 2 aliphatic rings. The monoisotopic (exact) mass is 1500 g/mol. The number of halogens is 2. The molecule has 0 radical (unpaired) electrons. The number of benzene rings is 16. The molecule has 2 aliphatic carbocycles. The number of rotatable bonds is 19. The van der Waals surface area contributed by atoms with Crippen LogP contribution in [0.25, 0.3) is 67.8 Å². The Bertz CT molecular complexity index is 6320. The van der Waals surface area contributed by atoms with Crippen LogP contribution in [0.1, 0.15) is 108 Å². The fraction of sp³-hybridized carbons (Fsp3) is 0.0909. The van der Waals surface area contributed by atoms with E-state index in [0.29, 0.717) is 0 Å². The standard InChI is InChI=1S/C110H86F2N2O2/c1-9-73-22-60-95(61-23-73)115-97-64-44-85(45-65-97)109(83-40-36-81(37-41-83)107(3,4)5)103-20-13-11-18-99(103)101-68-58-93(71-105(101)109)113(89-50-28-76(29-51-89)75-26-48-87(111)49-27-75)90-52-30-77(31-53-90)78-32-54-91(55-33-78)114(92-56-34-79(35-57-92)80-16-15-17-88(112)70-80)94-59-69-102-100-19-12-14-21-104(100)110(106(102)72-94,84-42-38-82(39-43-84)108(6,7)8)86-46-66-98(67-47-86)116-96-62-24-74(10-2)25-63-96/h9-72H,1-2H2,3-8H3. The van der Waals surface area contributed by atoms with Crippen LogP contribution in [-0.4, -0.2) is 0 Å². The lowest BCUT2D eigenvalue weighted by Crippen LogP contribution is -2.29. The molecule has 16 aromatic rings. The summed E-state index contributed by atoms with van der Waals surface area (Å²) in [5.41, 5.74) is 28.3. The quantitative estimate of drug-likeness (QED) is 0.0806. The minimum absolute atomic E-state index is 0.0659. The van der Waals surface area contributed by atoms with Gasteiger partial charge in [0.15, 0.2) is 0 Å². The van der Waals surface area contributed by atoms with E-state index >= 15 is 0 Å². The highest BCUT2D eigenvalue weighted by Gasteiger charge is 2.49. The molecule has 6 heteroatoms. The van der Waals surface area contributed by atoms with Gasteiger partial charge in [-0.25, -0.2) is 8.78 Å². The number of anilines is 6. The first kappa shape index (κ1) is 73.5. The van der Waals surface area contributed by atoms with E-state index in [1.807, 2.05) is 78.9 Å². The van der Waals surface area contributed by atoms with Crippen LogP contribution in [0, 0.1) is 11.6 Å². The lowest BCUT2D eigenvalue weighted by atomic mass is 9.67. The van der Waals surface area contributed by atoms with Gasteiger partial charge in [0.25, 0.3) is 0 Å². The predicted molar refractivity (Wildman–Crippen MR) is 477 cm³/mol. The Morgan fingerprint density at radius 2 is 0.552 bits per heavy atom. The number of hydrogen-bond donors (Lipinski definition) is 0. The summed E-state index contributed by atoms with van der Waals surface area (Å²) in [6, 6.07) is 132. The van der Waals surface area contributed by atoms with Crippen molar-refractivity contribution in [3.05, 3.63) is 468 Å². The van der Waals surface area contributed by atoms with Gasteiger partial charge in [-0.3, -0.25) is 0 Å². The molecule has 0 saturated heterocycles. The summed E-state index contributed by atoms with van der Waals surface area (Å²) in [5.74, 6) is 2.41. The molecule has 0 aromatic heterocycles. The Labute approximate surface area is 679 Å². The maximum Gasteiger partial charge on any atom is 0.127 e. The highest BCUT2D eigenvalue weighted by molar-refractivity contribution is 5.93. The number of fused-ring (bicyclic) bond motifs is 6. The van der Waals surface area contributed by atoms with E-state index < -0.39 is 10.8 Å². The van der Waals surface area contributed by atoms with E-state index in [2.05, 4.69) is 344 Å². The predicted octanol–water partition coefficient (Wildman–Crippen LogP) is 30.1. The summed E-state index contributed by atoms with van der Waals surface area (Å²) in [5, 5.41) is 0. The van der Waals surface area contributed by atoms with Gasteiger partial charge in [0.05, 0.1) is 10.8 Å². The third-order valence-corrected chi connectivity index (χ3v) is 23.4. The van der Waals surface area contributed by atoms with E-state index in [0.717, 1.165) is 146 Å². The maximum absolute atomic E-state index is 14.9. The first-order valence-corrected chi connectivity index (χ1v) is 39.7. The van der Waals surface area contributed by atoms with Gasteiger partial charge in [0.2, 0.25) is 0 Å². The van der Waals surface area contributed by atoms with Gasteiger partial charge in [-0.2, -0.15) is 0 Å². The summed E-state index contributed by atoms with van der Waals surface area (Å²) in [6.45, 7) is 21.5. The van der Waals surface area contributed by atoms with E-state index in [4.69, 9.17) is 9.47 Å². The fourth-order valence-corrected chi connectivity index (χ4v) is 17.4. The van der Waals surface area contributed by atoms with Crippen molar-refractivity contribution < 1.29 is 18.3 Å². The minimum Gasteiger partial charge on any atom is -0.457 e. The Balaban J connectivity index is 0.746. The highest BCUT2D eigenvalue weighted by Crippen LogP contribution is 2.60. The molecule has 18 rings (SSSR count). The van der Waals surface area contributed by atoms with Crippen molar-refractivity contribution in [3.8, 4) is 78.6 Å². The van der Waals surface area contributed by atoms with Crippen molar-refractivity contribution in [3.63, 3.8) is 0 Å². The Hall–Kier alpha value is -13.9. The van der Waals surface area contributed by atoms with E-state index in [1.165, 1.54) is 51.6 Å². The van der Waals surface area contributed by atoms with Gasteiger partial charge in [0.1, 0.15) is 34.6 Å². The maximum atomic E-state index is 14.9. The van der Waals surface area contributed by atoms with Crippen LogP contribution < -0.4 is 19.3 Å². The van der Waals surface area contributed by atoms with Gasteiger partial charge in [-0.1, -0.05) is 297 Å². The van der Waals surface area contributed by atoms with Crippen molar-refractivity contribution in [2.45, 2.75) is 63.2 Å². The zero-order valence-corrected chi connectivity index (χ0v) is 65.8. The third-order valence-electron chi connectivity index (χ3n) is 23.4. The average molecular weight is 1510 g/mol. The Kier molecular flexibility index (Phi) is 18.9. The van der Waals surface area contributed by atoms with Gasteiger partial charge >= 0.3 is 0 Å². The molecular formula is C110H86F2N2O2.